The Morgan fingerprint density at radius 3 is 2.50 bits per heavy atom. The van der Waals surface area contributed by atoms with Gasteiger partial charge in [-0.2, -0.15) is 0 Å². The van der Waals surface area contributed by atoms with Crippen molar-refractivity contribution in [1.29, 1.82) is 0 Å². The quantitative estimate of drug-likeness (QED) is 0.693. The number of nitrogens with one attached hydrogen (secondary N) is 1. The Kier molecular flexibility index (Phi) is 5.98. The highest BCUT2D eigenvalue weighted by molar-refractivity contribution is 9.11. The zero-order chi connectivity index (χ0) is 12.2. The first kappa shape index (κ1) is 14.7. The van der Waals surface area contributed by atoms with E-state index in [0.29, 0.717) is 5.56 Å². The van der Waals surface area contributed by atoms with Crippen LogP contribution in [0.1, 0.15) is 23.7 Å². The number of carbonyl (C=O) groups is 1. The predicted molar refractivity (Wildman–Crippen MR) is 80.1 cm³/mol. The van der Waals surface area contributed by atoms with Crippen LogP contribution in [0.25, 0.3) is 0 Å². The molecule has 0 radical (unpaired) electrons. The highest BCUT2D eigenvalue weighted by Gasteiger charge is 2.28. The summed E-state index contributed by atoms with van der Waals surface area (Å²) in [4.78, 5) is 12.0. The molecule has 90 valence electrons. The summed E-state index contributed by atoms with van der Waals surface area (Å²) in [5.41, 5.74) is 0.488. The summed E-state index contributed by atoms with van der Waals surface area (Å²) in [6.45, 7) is 2.06. The normalized spacial score (nSPS) is 11.5. The van der Waals surface area contributed by atoms with Crippen LogP contribution in [0.2, 0.25) is 0 Å². The SMILES string of the molecule is CCC(CBr)(CBr)NC(=O)c1csc(Br)c1. The zero-order valence-corrected chi connectivity index (χ0v) is 14.3. The second kappa shape index (κ2) is 6.52. The Labute approximate surface area is 125 Å². The molecule has 0 bridgehead atoms. The van der Waals surface area contributed by atoms with E-state index in [2.05, 4.69) is 60.0 Å². The molecule has 0 unspecified atom stereocenters. The largest absolute Gasteiger partial charge is 0.345 e. The van der Waals surface area contributed by atoms with Crippen molar-refractivity contribution < 1.29 is 4.79 Å². The average molecular weight is 434 g/mol. The maximum Gasteiger partial charge on any atom is 0.252 e. The molecule has 1 rings (SSSR count). The van der Waals surface area contributed by atoms with Crippen molar-refractivity contribution in [2.45, 2.75) is 18.9 Å². The van der Waals surface area contributed by atoms with Crippen LogP contribution < -0.4 is 5.32 Å². The molecule has 1 aromatic heterocycles. The van der Waals surface area contributed by atoms with E-state index in [4.69, 9.17) is 0 Å². The summed E-state index contributed by atoms with van der Waals surface area (Å²) in [5, 5.41) is 6.38. The van der Waals surface area contributed by atoms with Gasteiger partial charge in [-0.3, -0.25) is 4.79 Å². The van der Waals surface area contributed by atoms with Gasteiger partial charge in [0.2, 0.25) is 0 Å². The average Bonchev–Trinajstić information content (AvgIpc) is 2.73. The molecule has 1 heterocycles. The molecule has 0 spiro atoms. The number of hydrogen-bond acceptors (Lipinski definition) is 2. The molecule has 0 aliphatic rings. The number of thiophene rings is 1. The van der Waals surface area contributed by atoms with E-state index in [1.807, 2.05) is 11.4 Å². The standard InChI is InChI=1S/C10H12Br3NOS/c1-2-10(5-11,6-12)14-9(15)7-3-8(13)16-4-7/h3-4H,2,5-6H2,1H3,(H,14,15). The molecule has 1 N–H and O–H groups in total. The first-order valence-corrected chi connectivity index (χ1v) is 8.67. The van der Waals surface area contributed by atoms with Crippen LogP contribution in [0.4, 0.5) is 0 Å². The molecule has 16 heavy (non-hydrogen) atoms. The lowest BCUT2D eigenvalue weighted by Gasteiger charge is -2.29. The topological polar surface area (TPSA) is 29.1 Å². The molecular formula is C10H12Br3NOS. The number of halogens is 3. The van der Waals surface area contributed by atoms with Gasteiger partial charge in [0, 0.05) is 16.0 Å². The molecule has 0 saturated heterocycles. The zero-order valence-electron chi connectivity index (χ0n) is 8.73. The number of amides is 1. The van der Waals surface area contributed by atoms with Crippen LogP contribution >= 0.6 is 59.1 Å². The minimum absolute atomic E-state index is 0.0253. The Morgan fingerprint density at radius 2 is 2.12 bits per heavy atom. The van der Waals surface area contributed by atoms with Gasteiger partial charge in [0.1, 0.15) is 0 Å². The Morgan fingerprint density at radius 1 is 1.50 bits per heavy atom. The number of rotatable bonds is 5. The van der Waals surface area contributed by atoms with E-state index < -0.39 is 0 Å². The first-order valence-electron chi connectivity index (χ1n) is 4.75. The summed E-state index contributed by atoms with van der Waals surface area (Å²) in [6.07, 6.45) is 0.876. The fourth-order valence-electron chi connectivity index (χ4n) is 1.12. The molecule has 0 saturated carbocycles. The second-order valence-electron chi connectivity index (χ2n) is 3.49. The van der Waals surface area contributed by atoms with Gasteiger partial charge >= 0.3 is 0 Å². The van der Waals surface area contributed by atoms with Gasteiger partial charge < -0.3 is 5.32 Å². The number of alkyl halides is 2. The lowest BCUT2D eigenvalue weighted by Crippen LogP contribution is -2.51. The summed E-state index contributed by atoms with van der Waals surface area (Å²) in [7, 11) is 0. The minimum Gasteiger partial charge on any atom is -0.345 e. The van der Waals surface area contributed by atoms with Gasteiger partial charge in [-0.1, -0.05) is 38.8 Å². The van der Waals surface area contributed by atoms with E-state index in [-0.39, 0.29) is 11.4 Å². The highest BCUT2D eigenvalue weighted by atomic mass is 79.9. The van der Waals surface area contributed by atoms with Crippen molar-refractivity contribution in [3.63, 3.8) is 0 Å². The van der Waals surface area contributed by atoms with Gasteiger partial charge in [0.25, 0.3) is 5.91 Å². The van der Waals surface area contributed by atoms with E-state index in [0.717, 1.165) is 20.9 Å². The van der Waals surface area contributed by atoms with Crippen LogP contribution in [0, 0.1) is 0 Å². The van der Waals surface area contributed by atoms with E-state index in [1.165, 1.54) is 11.3 Å². The van der Waals surface area contributed by atoms with Crippen LogP contribution in [0.5, 0.6) is 0 Å². The van der Waals surface area contributed by atoms with Crippen molar-refractivity contribution in [1.82, 2.24) is 5.32 Å². The smallest absolute Gasteiger partial charge is 0.252 e. The maximum absolute atomic E-state index is 12.0. The predicted octanol–water partition coefficient (Wildman–Crippen LogP) is 4.18. The van der Waals surface area contributed by atoms with Crippen molar-refractivity contribution in [2.75, 3.05) is 10.7 Å². The lowest BCUT2D eigenvalue weighted by molar-refractivity contribution is 0.0916. The Balaban J connectivity index is 2.76. The Hall–Kier alpha value is 0.610. The molecule has 0 fully saturated rings. The minimum atomic E-state index is -0.217. The molecule has 0 atom stereocenters. The van der Waals surface area contributed by atoms with Gasteiger partial charge in [0.15, 0.2) is 0 Å². The fourth-order valence-corrected chi connectivity index (χ4v) is 4.26. The third kappa shape index (κ3) is 3.55. The van der Waals surface area contributed by atoms with Crippen LogP contribution in [-0.2, 0) is 0 Å². The van der Waals surface area contributed by atoms with Crippen molar-refractivity contribution in [3.8, 4) is 0 Å². The van der Waals surface area contributed by atoms with E-state index in [1.54, 1.807) is 0 Å². The van der Waals surface area contributed by atoms with E-state index in [9.17, 15) is 4.79 Å². The monoisotopic (exact) mass is 431 g/mol. The maximum atomic E-state index is 12.0. The third-order valence-corrected chi connectivity index (χ3v) is 6.05. The van der Waals surface area contributed by atoms with Crippen LogP contribution in [0.3, 0.4) is 0 Å². The fraction of sp³-hybridized carbons (Fsp3) is 0.500. The van der Waals surface area contributed by atoms with Crippen molar-refractivity contribution in [2.24, 2.45) is 0 Å². The molecule has 1 amide bonds. The van der Waals surface area contributed by atoms with Crippen LogP contribution in [-0.4, -0.2) is 22.1 Å². The first-order chi connectivity index (χ1) is 7.56. The summed E-state index contributed by atoms with van der Waals surface area (Å²) >= 11 is 11.8. The third-order valence-electron chi connectivity index (χ3n) is 2.40. The van der Waals surface area contributed by atoms with Gasteiger partial charge in [-0.25, -0.2) is 0 Å². The highest BCUT2D eigenvalue weighted by Crippen LogP contribution is 2.22. The summed E-state index contributed by atoms with van der Waals surface area (Å²) < 4.78 is 0.970. The Bertz CT molecular complexity index is 354. The lowest BCUT2D eigenvalue weighted by atomic mass is 10.0. The molecule has 2 nitrogen and oxygen atoms in total. The second-order valence-corrected chi connectivity index (χ2v) is 6.91. The number of hydrogen-bond donors (Lipinski definition) is 1. The summed E-state index contributed by atoms with van der Waals surface area (Å²) in [5.74, 6) is -0.0253. The van der Waals surface area contributed by atoms with E-state index >= 15 is 0 Å². The van der Waals surface area contributed by atoms with Crippen molar-refractivity contribution in [3.05, 3.63) is 20.8 Å². The summed E-state index contributed by atoms with van der Waals surface area (Å²) in [6, 6.07) is 1.84. The number of carbonyl (C=O) groups excluding carboxylic acids is 1. The molecule has 0 aliphatic carbocycles. The van der Waals surface area contributed by atoms with Crippen LogP contribution in [0.15, 0.2) is 15.2 Å². The molecule has 0 aromatic carbocycles. The molecular weight excluding hydrogens is 422 g/mol. The molecule has 6 heteroatoms. The van der Waals surface area contributed by atoms with Gasteiger partial charge in [0.05, 0.1) is 14.9 Å². The van der Waals surface area contributed by atoms with Gasteiger partial charge in [-0.15, -0.1) is 11.3 Å². The molecule has 0 aliphatic heterocycles. The van der Waals surface area contributed by atoms with Crippen molar-refractivity contribution >= 4 is 65.0 Å². The molecule has 1 aromatic rings. The van der Waals surface area contributed by atoms with Gasteiger partial charge in [-0.05, 0) is 28.4 Å².